The van der Waals surface area contributed by atoms with Crippen molar-refractivity contribution in [1.82, 2.24) is 10.2 Å². The van der Waals surface area contributed by atoms with Gasteiger partial charge in [0.1, 0.15) is 11.6 Å². The summed E-state index contributed by atoms with van der Waals surface area (Å²) in [7, 11) is -3.39. The lowest BCUT2D eigenvalue weighted by atomic mass is 9.95. The van der Waals surface area contributed by atoms with Crippen LogP contribution in [0.15, 0.2) is 42.5 Å². The highest BCUT2D eigenvalue weighted by Crippen LogP contribution is 2.21. The van der Waals surface area contributed by atoms with Crippen LogP contribution < -0.4 is 10.0 Å². The van der Waals surface area contributed by atoms with Crippen molar-refractivity contribution in [3.8, 4) is 0 Å². The number of nitrogens with one attached hydrogen (secondary N) is 2. The van der Waals surface area contributed by atoms with Gasteiger partial charge in [-0.3, -0.25) is 14.3 Å². The maximum Gasteiger partial charge on any atom is 0.256 e. The Morgan fingerprint density at radius 3 is 2.45 bits per heavy atom. The Hall–Kier alpha value is -3.01. The fraction of sp³-hybridized carbons (Fsp3) is 0.333. The number of piperidine rings is 1. The van der Waals surface area contributed by atoms with E-state index in [9.17, 15) is 26.8 Å². The maximum atomic E-state index is 13.9. The van der Waals surface area contributed by atoms with Crippen LogP contribution in [0.4, 0.5) is 14.5 Å². The number of carbonyl (C=O) groups excluding carboxylic acids is 2. The Morgan fingerprint density at radius 2 is 1.81 bits per heavy atom. The summed E-state index contributed by atoms with van der Waals surface area (Å²) in [5.74, 6) is -2.63. The normalized spacial score (nSPS) is 14.9. The van der Waals surface area contributed by atoms with E-state index >= 15 is 0 Å². The predicted octanol–water partition coefficient (Wildman–Crippen LogP) is 2.50. The summed E-state index contributed by atoms with van der Waals surface area (Å²) in [6, 6.07) is 9.55. The smallest absolute Gasteiger partial charge is 0.256 e. The van der Waals surface area contributed by atoms with E-state index < -0.39 is 27.6 Å². The minimum atomic E-state index is -3.39. The molecule has 7 nitrogen and oxygen atoms in total. The van der Waals surface area contributed by atoms with Crippen molar-refractivity contribution in [2.24, 2.45) is 5.92 Å². The first-order chi connectivity index (χ1) is 14.6. The van der Waals surface area contributed by atoms with Gasteiger partial charge in [-0.15, -0.1) is 0 Å². The molecule has 0 radical (unpaired) electrons. The summed E-state index contributed by atoms with van der Waals surface area (Å²) < 4.78 is 52.0. The average Bonchev–Trinajstić information content (AvgIpc) is 2.71. The van der Waals surface area contributed by atoms with Gasteiger partial charge in [-0.25, -0.2) is 17.2 Å². The number of benzene rings is 2. The van der Waals surface area contributed by atoms with Crippen LogP contribution in [0.2, 0.25) is 0 Å². The molecule has 1 heterocycles. The highest BCUT2D eigenvalue weighted by atomic mass is 32.2. The van der Waals surface area contributed by atoms with E-state index in [0.717, 1.165) is 24.0 Å². The number of nitrogens with zero attached hydrogens (tertiary/aromatic N) is 1. The molecule has 3 rings (SSSR count). The molecular weight excluding hydrogens is 428 g/mol. The predicted molar refractivity (Wildman–Crippen MR) is 112 cm³/mol. The number of likely N-dealkylation sites (tertiary alicyclic amines) is 1. The van der Waals surface area contributed by atoms with Crippen molar-refractivity contribution in [1.29, 1.82) is 0 Å². The molecule has 0 atom stereocenters. The van der Waals surface area contributed by atoms with Crippen LogP contribution in [0.3, 0.4) is 0 Å². The van der Waals surface area contributed by atoms with Crippen LogP contribution in [0.1, 0.15) is 28.8 Å². The molecule has 2 aromatic carbocycles. The number of halogens is 2. The minimum absolute atomic E-state index is 0.165. The Kier molecular flexibility index (Phi) is 6.89. The highest BCUT2D eigenvalue weighted by Gasteiger charge is 2.28. The van der Waals surface area contributed by atoms with E-state index in [1.807, 2.05) is 0 Å². The summed E-state index contributed by atoms with van der Waals surface area (Å²) >= 11 is 0. The van der Waals surface area contributed by atoms with Gasteiger partial charge in [-0.1, -0.05) is 12.1 Å². The van der Waals surface area contributed by atoms with Gasteiger partial charge in [-0.05, 0) is 42.7 Å². The summed E-state index contributed by atoms with van der Waals surface area (Å²) in [4.78, 5) is 26.4. The van der Waals surface area contributed by atoms with E-state index in [4.69, 9.17) is 0 Å². The number of hydrogen-bond donors (Lipinski definition) is 2. The van der Waals surface area contributed by atoms with E-state index in [0.29, 0.717) is 37.7 Å². The molecule has 1 aliphatic heterocycles. The first-order valence-corrected chi connectivity index (χ1v) is 11.6. The zero-order valence-corrected chi connectivity index (χ0v) is 17.7. The molecule has 1 fully saturated rings. The Balaban J connectivity index is 1.51. The van der Waals surface area contributed by atoms with Crippen molar-refractivity contribution >= 4 is 27.5 Å². The monoisotopic (exact) mass is 451 g/mol. The molecule has 0 saturated carbocycles. The molecule has 31 heavy (non-hydrogen) atoms. The summed E-state index contributed by atoms with van der Waals surface area (Å²) in [5, 5.41) is 2.83. The van der Waals surface area contributed by atoms with Gasteiger partial charge in [0.25, 0.3) is 5.91 Å². The highest BCUT2D eigenvalue weighted by molar-refractivity contribution is 7.92. The second kappa shape index (κ2) is 9.42. The van der Waals surface area contributed by atoms with Crippen molar-refractivity contribution in [3.05, 3.63) is 65.2 Å². The molecule has 2 aromatic rings. The Morgan fingerprint density at radius 1 is 1.10 bits per heavy atom. The molecule has 166 valence electrons. The summed E-state index contributed by atoms with van der Waals surface area (Å²) in [5.41, 5.74) is 0.961. The fourth-order valence-electron chi connectivity index (χ4n) is 3.47. The third kappa shape index (κ3) is 6.24. The third-order valence-corrected chi connectivity index (χ3v) is 5.62. The van der Waals surface area contributed by atoms with E-state index in [1.54, 1.807) is 24.3 Å². The molecule has 0 bridgehead atoms. The van der Waals surface area contributed by atoms with Crippen LogP contribution in [0.5, 0.6) is 0 Å². The number of hydrogen-bond acceptors (Lipinski definition) is 4. The fourth-order valence-corrected chi connectivity index (χ4v) is 4.03. The Bertz CT molecular complexity index is 1080. The standard InChI is InChI=1S/C21H23F2N3O4S/c1-31(29,30)25-17-4-2-3-14(11-17)13-24-20(27)15-7-9-26(10-8-15)21(28)18-6-5-16(22)12-19(18)23/h2-6,11-12,15,25H,7-10,13H2,1H3,(H,24,27). The zero-order valence-electron chi connectivity index (χ0n) is 16.9. The van der Waals surface area contributed by atoms with Gasteiger partial charge < -0.3 is 10.2 Å². The zero-order chi connectivity index (χ0) is 22.6. The number of amides is 2. The largest absolute Gasteiger partial charge is 0.352 e. The topological polar surface area (TPSA) is 95.6 Å². The first kappa shape index (κ1) is 22.7. The number of anilines is 1. The number of sulfonamides is 1. The van der Waals surface area contributed by atoms with Gasteiger partial charge in [0.05, 0.1) is 11.8 Å². The van der Waals surface area contributed by atoms with Gasteiger partial charge >= 0.3 is 0 Å². The van der Waals surface area contributed by atoms with Crippen molar-refractivity contribution < 1.29 is 26.8 Å². The summed E-state index contributed by atoms with van der Waals surface area (Å²) in [6.07, 6.45) is 1.91. The van der Waals surface area contributed by atoms with Crippen molar-refractivity contribution in [2.75, 3.05) is 24.1 Å². The van der Waals surface area contributed by atoms with E-state index in [2.05, 4.69) is 10.0 Å². The van der Waals surface area contributed by atoms with Crippen LogP contribution in [0, 0.1) is 17.6 Å². The SMILES string of the molecule is CS(=O)(=O)Nc1cccc(CNC(=O)C2CCN(C(=O)c3ccc(F)cc3F)CC2)c1. The molecule has 1 saturated heterocycles. The van der Waals surface area contributed by atoms with E-state index in [1.165, 1.54) is 4.90 Å². The maximum absolute atomic E-state index is 13.9. The van der Waals surface area contributed by atoms with Crippen LogP contribution in [-0.2, 0) is 21.4 Å². The first-order valence-electron chi connectivity index (χ1n) is 9.71. The molecule has 0 spiro atoms. The molecule has 0 aliphatic carbocycles. The molecule has 0 aromatic heterocycles. The number of rotatable bonds is 6. The van der Waals surface area contributed by atoms with Crippen LogP contribution in [-0.4, -0.2) is 44.5 Å². The quantitative estimate of drug-likeness (QED) is 0.706. The van der Waals surface area contributed by atoms with Crippen molar-refractivity contribution in [3.63, 3.8) is 0 Å². The second-order valence-electron chi connectivity index (χ2n) is 7.48. The average molecular weight is 451 g/mol. The van der Waals surface area contributed by atoms with Crippen molar-refractivity contribution in [2.45, 2.75) is 19.4 Å². The lowest BCUT2D eigenvalue weighted by Gasteiger charge is -2.31. The molecule has 1 aliphatic rings. The number of carbonyl (C=O) groups is 2. The molecule has 2 N–H and O–H groups in total. The van der Waals surface area contributed by atoms with Gasteiger partial charge in [0, 0.05) is 37.3 Å². The van der Waals surface area contributed by atoms with Gasteiger partial charge in [0.2, 0.25) is 15.9 Å². The summed E-state index contributed by atoms with van der Waals surface area (Å²) in [6.45, 7) is 0.820. The lowest BCUT2D eigenvalue weighted by Crippen LogP contribution is -2.43. The molecule has 2 amide bonds. The van der Waals surface area contributed by atoms with Crippen LogP contribution in [0.25, 0.3) is 0 Å². The van der Waals surface area contributed by atoms with E-state index in [-0.39, 0.29) is 23.9 Å². The molecule has 10 heteroatoms. The molecular formula is C21H23F2N3O4S. The third-order valence-electron chi connectivity index (χ3n) is 5.01. The molecule has 0 unspecified atom stereocenters. The minimum Gasteiger partial charge on any atom is -0.352 e. The second-order valence-corrected chi connectivity index (χ2v) is 9.23. The lowest BCUT2D eigenvalue weighted by molar-refractivity contribution is -0.126. The van der Waals surface area contributed by atoms with Gasteiger partial charge in [0.15, 0.2) is 0 Å². The van der Waals surface area contributed by atoms with Gasteiger partial charge in [-0.2, -0.15) is 0 Å². The Labute approximate surface area is 179 Å². The van der Waals surface area contributed by atoms with Crippen LogP contribution >= 0.6 is 0 Å².